The van der Waals surface area contributed by atoms with E-state index in [0.717, 1.165) is 11.4 Å². The highest BCUT2D eigenvalue weighted by molar-refractivity contribution is 6.31. The van der Waals surface area contributed by atoms with Gasteiger partial charge in [-0.2, -0.15) is 5.10 Å². The lowest BCUT2D eigenvalue weighted by Crippen LogP contribution is -2.06. The van der Waals surface area contributed by atoms with Gasteiger partial charge in [0.25, 0.3) is 0 Å². The number of rotatable bonds is 3. The highest BCUT2D eigenvalue weighted by Gasteiger charge is 2.07. The van der Waals surface area contributed by atoms with Crippen molar-refractivity contribution in [1.82, 2.24) is 9.78 Å². The Bertz CT molecular complexity index is 537. The summed E-state index contributed by atoms with van der Waals surface area (Å²) in [6.45, 7) is 2.43. The smallest absolute Gasteiger partial charge is 0.164 e. The SMILES string of the molecule is Cc1cc(CNc2cccc(Cl)c2F)n(C)n1. The summed E-state index contributed by atoms with van der Waals surface area (Å²) in [6, 6.07) is 6.85. The molecule has 0 spiro atoms. The number of halogens is 2. The van der Waals surface area contributed by atoms with Gasteiger partial charge < -0.3 is 5.32 Å². The van der Waals surface area contributed by atoms with Crippen molar-refractivity contribution in [2.75, 3.05) is 5.32 Å². The van der Waals surface area contributed by atoms with E-state index in [4.69, 9.17) is 11.6 Å². The molecule has 1 aromatic carbocycles. The van der Waals surface area contributed by atoms with Crippen LogP contribution in [0.25, 0.3) is 0 Å². The monoisotopic (exact) mass is 253 g/mol. The van der Waals surface area contributed by atoms with E-state index >= 15 is 0 Å². The average Bonchev–Trinajstić information content (AvgIpc) is 2.60. The third-order valence-electron chi connectivity index (χ3n) is 2.51. The van der Waals surface area contributed by atoms with Crippen LogP contribution in [0.15, 0.2) is 24.3 Å². The van der Waals surface area contributed by atoms with Gasteiger partial charge in [-0.1, -0.05) is 17.7 Å². The summed E-state index contributed by atoms with van der Waals surface area (Å²) in [6.07, 6.45) is 0. The largest absolute Gasteiger partial charge is 0.377 e. The number of anilines is 1. The van der Waals surface area contributed by atoms with Crippen molar-refractivity contribution in [2.45, 2.75) is 13.5 Å². The fourth-order valence-corrected chi connectivity index (χ4v) is 1.83. The lowest BCUT2D eigenvalue weighted by molar-refractivity contribution is 0.629. The summed E-state index contributed by atoms with van der Waals surface area (Å²) in [5, 5.41) is 7.35. The molecule has 0 saturated heterocycles. The molecule has 0 aliphatic heterocycles. The molecule has 1 heterocycles. The van der Waals surface area contributed by atoms with Gasteiger partial charge >= 0.3 is 0 Å². The Morgan fingerprint density at radius 1 is 1.47 bits per heavy atom. The van der Waals surface area contributed by atoms with Crippen molar-refractivity contribution < 1.29 is 4.39 Å². The molecule has 0 unspecified atom stereocenters. The van der Waals surface area contributed by atoms with Gasteiger partial charge in [0.2, 0.25) is 0 Å². The molecule has 2 rings (SSSR count). The number of aryl methyl sites for hydroxylation is 2. The topological polar surface area (TPSA) is 29.9 Å². The molecule has 90 valence electrons. The Morgan fingerprint density at radius 3 is 2.88 bits per heavy atom. The quantitative estimate of drug-likeness (QED) is 0.911. The van der Waals surface area contributed by atoms with Crippen LogP contribution in [0.2, 0.25) is 5.02 Å². The van der Waals surface area contributed by atoms with Crippen LogP contribution in [0.5, 0.6) is 0 Å². The van der Waals surface area contributed by atoms with Crippen molar-refractivity contribution in [3.8, 4) is 0 Å². The second-order valence-electron chi connectivity index (χ2n) is 3.86. The van der Waals surface area contributed by atoms with Crippen LogP contribution in [-0.2, 0) is 13.6 Å². The maximum absolute atomic E-state index is 13.6. The summed E-state index contributed by atoms with van der Waals surface area (Å²) in [5.41, 5.74) is 2.33. The predicted molar refractivity (Wildman–Crippen MR) is 66.7 cm³/mol. The van der Waals surface area contributed by atoms with E-state index in [1.807, 2.05) is 20.0 Å². The summed E-state index contributed by atoms with van der Waals surface area (Å²) >= 11 is 5.70. The van der Waals surface area contributed by atoms with E-state index < -0.39 is 5.82 Å². The average molecular weight is 254 g/mol. The molecule has 0 atom stereocenters. The van der Waals surface area contributed by atoms with Gasteiger partial charge in [-0.05, 0) is 25.1 Å². The van der Waals surface area contributed by atoms with Gasteiger partial charge in [0.1, 0.15) is 0 Å². The Balaban J connectivity index is 2.12. The minimum absolute atomic E-state index is 0.121. The first-order valence-electron chi connectivity index (χ1n) is 5.25. The minimum atomic E-state index is -0.423. The Morgan fingerprint density at radius 2 is 2.24 bits per heavy atom. The molecule has 0 aliphatic carbocycles. The fourth-order valence-electron chi connectivity index (χ4n) is 1.66. The van der Waals surface area contributed by atoms with E-state index in [1.165, 1.54) is 6.07 Å². The van der Waals surface area contributed by atoms with Gasteiger partial charge in [-0.25, -0.2) is 4.39 Å². The highest BCUT2D eigenvalue weighted by atomic mass is 35.5. The lowest BCUT2D eigenvalue weighted by atomic mass is 10.3. The summed E-state index contributed by atoms with van der Waals surface area (Å²) in [5.74, 6) is -0.423. The maximum Gasteiger partial charge on any atom is 0.164 e. The van der Waals surface area contributed by atoms with E-state index in [9.17, 15) is 4.39 Å². The number of hydrogen-bond donors (Lipinski definition) is 1. The third-order valence-corrected chi connectivity index (χ3v) is 2.80. The Labute approximate surface area is 104 Å². The third kappa shape index (κ3) is 2.58. The predicted octanol–water partition coefficient (Wildman–Crippen LogP) is 3.13. The highest BCUT2D eigenvalue weighted by Crippen LogP contribution is 2.22. The number of benzene rings is 1. The molecule has 0 bridgehead atoms. The van der Waals surface area contributed by atoms with Gasteiger partial charge in [-0.3, -0.25) is 4.68 Å². The second kappa shape index (κ2) is 4.75. The van der Waals surface area contributed by atoms with Crippen molar-refractivity contribution in [1.29, 1.82) is 0 Å². The molecule has 17 heavy (non-hydrogen) atoms. The summed E-state index contributed by atoms with van der Waals surface area (Å²) in [4.78, 5) is 0. The van der Waals surface area contributed by atoms with Crippen molar-refractivity contribution in [2.24, 2.45) is 7.05 Å². The van der Waals surface area contributed by atoms with Crippen LogP contribution in [0.3, 0.4) is 0 Å². The molecular formula is C12H13ClFN3. The molecule has 0 radical (unpaired) electrons. The molecule has 0 saturated carbocycles. The van der Waals surface area contributed by atoms with Gasteiger partial charge in [0.05, 0.1) is 28.6 Å². The minimum Gasteiger partial charge on any atom is -0.377 e. The van der Waals surface area contributed by atoms with E-state index in [0.29, 0.717) is 12.2 Å². The molecule has 2 aromatic rings. The Hall–Kier alpha value is -1.55. The van der Waals surface area contributed by atoms with E-state index in [-0.39, 0.29) is 5.02 Å². The first-order chi connectivity index (χ1) is 8.08. The first-order valence-corrected chi connectivity index (χ1v) is 5.63. The maximum atomic E-state index is 13.6. The van der Waals surface area contributed by atoms with Crippen LogP contribution >= 0.6 is 11.6 Å². The molecule has 3 nitrogen and oxygen atoms in total. The number of hydrogen-bond acceptors (Lipinski definition) is 2. The zero-order chi connectivity index (χ0) is 12.4. The number of aromatic nitrogens is 2. The molecule has 0 amide bonds. The normalized spacial score (nSPS) is 10.6. The molecule has 1 aromatic heterocycles. The second-order valence-corrected chi connectivity index (χ2v) is 4.26. The zero-order valence-electron chi connectivity index (χ0n) is 9.67. The van der Waals surface area contributed by atoms with Crippen LogP contribution in [0, 0.1) is 12.7 Å². The molecule has 0 fully saturated rings. The first kappa shape index (κ1) is 11.9. The molecule has 0 aliphatic rings. The Kier molecular flexibility index (Phi) is 3.33. The lowest BCUT2D eigenvalue weighted by Gasteiger charge is -2.08. The number of nitrogens with zero attached hydrogens (tertiary/aromatic N) is 2. The summed E-state index contributed by atoms with van der Waals surface area (Å²) < 4.78 is 15.4. The fraction of sp³-hybridized carbons (Fsp3) is 0.250. The van der Waals surface area contributed by atoms with Gasteiger partial charge in [0, 0.05) is 7.05 Å². The van der Waals surface area contributed by atoms with Gasteiger partial charge in [0.15, 0.2) is 5.82 Å². The molecule has 1 N–H and O–H groups in total. The van der Waals surface area contributed by atoms with Crippen molar-refractivity contribution in [3.05, 3.63) is 46.5 Å². The standard InChI is InChI=1S/C12H13ClFN3/c1-8-6-9(17(2)16-8)7-15-11-5-3-4-10(13)12(11)14/h3-6,15H,7H2,1-2H3. The van der Waals surface area contributed by atoms with Crippen molar-refractivity contribution >= 4 is 17.3 Å². The zero-order valence-corrected chi connectivity index (χ0v) is 10.4. The summed E-state index contributed by atoms with van der Waals surface area (Å²) in [7, 11) is 1.86. The molecule has 5 heteroatoms. The van der Waals surface area contributed by atoms with Crippen LogP contribution in [0.4, 0.5) is 10.1 Å². The molecular weight excluding hydrogens is 241 g/mol. The van der Waals surface area contributed by atoms with Crippen LogP contribution in [-0.4, -0.2) is 9.78 Å². The van der Waals surface area contributed by atoms with Gasteiger partial charge in [-0.15, -0.1) is 0 Å². The van der Waals surface area contributed by atoms with E-state index in [2.05, 4.69) is 10.4 Å². The van der Waals surface area contributed by atoms with Crippen LogP contribution < -0.4 is 5.32 Å². The van der Waals surface area contributed by atoms with E-state index in [1.54, 1.807) is 16.8 Å². The number of nitrogens with one attached hydrogen (secondary N) is 1. The van der Waals surface area contributed by atoms with Crippen molar-refractivity contribution in [3.63, 3.8) is 0 Å². The van der Waals surface area contributed by atoms with Crippen LogP contribution in [0.1, 0.15) is 11.4 Å².